The Morgan fingerprint density at radius 2 is 1.60 bits per heavy atom. The minimum Gasteiger partial charge on any atom is -0.324 e. The molecular weight excluding hydrogens is 310 g/mol. The van der Waals surface area contributed by atoms with Crippen molar-refractivity contribution in [3.8, 4) is 0 Å². The second-order valence-electron chi connectivity index (χ2n) is 5.90. The van der Waals surface area contributed by atoms with Crippen molar-refractivity contribution < 1.29 is 0 Å². The predicted octanol–water partition coefficient (Wildman–Crippen LogP) is 6.29. The molecule has 1 rings (SSSR count). The van der Waals surface area contributed by atoms with Gasteiger partial charge in [-0.05, 0) is 30.5 Å². The van der Waals surface area contributed by atoms with Crippen LogP contribution in [0.3, 0.4) is 0 Å². The summed E-state index contributed by atoms with van der Waals surface area (Å²) in [5.74, 6) is 0. The van der Waals surface area contributed by atoms with Crippen molar-refractivity contribution in [1.29, 1.82) is 0 Å². The molecule has 0 aliphatic rings. The topological polar surface area (TPSA) is 26.0 Å². The number of halogens is 1. The summed E-state index contributed by atoms with van der Waals surface area (Å²) in [4.78, 5) is 0. The molecule has 0 heterocycles. The molecule has 2 heteroatoms. The van der Waals surface area contributed by atoms with Crippen LogP contribution in [0.1, 0.15) is 81.9 Å². The van der Waals surface area contributed by atoms with E-state index in [1.807, 2.05) is 0 Å². The van der Waals surface area contributed by atoms with Gasteiger partial charge >= 0.3 is 0 Å². The number of nitrogens with two attached hydrogens (primary N) is 1. The van der Waals surface area contributed by atoms with Crippen molar-refractivity contribution in [3.63, 3.8) is 0 Å². The SMILES string of the molecule is CCCCCCCCCCC(N)c1ccc(C)cc1Br. The van der Waals surface area contributed by atoms with E-state index in [-0.39, 0.29) is 6.04 Å². The summed E-state index contributed by atoms with van der Waals surface area (Å²) < 4.78 is 1.16. The molecule has 2 N–H and O–H groups in total. The molecule has 1 nitrogen and oxygen atoms in total. The fourth-order valence-electron chi connectivity index (χ4n) is 2.59. The van der Waals surface area contributed by atoms with E-state index in [0.717, 1.165) is 10.9 Å². The number of hydrogen-bond donors (Lipinski definition) is 1. The molecule has 1 atom stereocenters. The highest BCUT2D eigenvalue weighted by Gasteiger charge is 2.09. The fraction of sp³-hybridized carbons (Fsp3) is 0.667. The number of aryl methyl sites for hydroxylation is 1. The molecular formula is C18H30BrN. The first-order chi connectivity index (χ1) is 9.65. The molecule has 1 unspecified atom stereocenters. The van der Waals surface area contributed by atoms with Crippen molar-refractivity contribution in [3.05, 3.63) is 33.8 Å². The van der Waals surface area contributed by atoms with Crippen molar-refractivity contribution >= 4 is 15.9 Å². The third-order valence-electron chi connectivity index (χ3n) is 3.92. The van der Waals surface area contributed by atoms with E-state index in [1.54, 1.807) is 0 Å². The van der Waals surface area contributed by atoms with Gasteiger partial charge in [0.2, 0.25) is 0 Å². The molecule has 0 amide bonds. The Hall–Kier alpha value is -0.340. The minimum atomic E-state index is 0.171. The quantitative estimate of drug-likeness (QED) is 0.498. The minimum absolute atomic E-state index is 0.171. The van der Waals surface area contributed by atoms with Gasteiger partial charge in [0.15, 0.2) is 0 Å². The highest BCUT2D eigenvalue weighted by molar-refractivity contribution is 9.10. The van der Waals surface area contributed by atoms with Crippen molar-refractivity contribution in [2.75, 3.05) is 0 Å². The van der Waals surface area contributed by atoms with E-state index in [0.29, 0.717) is 0 Å². The molecule has 0 spiro atoms. The lowest BCUT2D eigenvalue weighted by Crippen LogP contribution is -2.10. The van der Waals surface area contributed by atoms with Gasteiger partial charge in [0.05, 0.1) is 0 Å². The molecule has 20 heavy (non-hydrogen) atoms. The Morgan fingerprint density at radius 3 is 2.20 bits per heavy atom. The van der Waals surface area contributed by atoms with Crippen LogP contribution in [0.25, 0.3) is 0 Å². The van der Waals surface area contributed by atoms with E-state index in [1.165, 1.54) is 62.5 Å². The zero-order valence-corrected chi connectivity index (χ0v) is 14.7. The van der Waals surface area contributed by atoms with Gasteiger partial charge < -0.3 is 5.73 Å². The third-order valence-corrected chi connectivity index (χ3v) is 4.61. The molecule has 1 aromatic carbocycles. The van der Waals surface area contributed by atoms with Crippen molar-refractivity contribution in [2.45, 2.75) is 77.7 Å². The Balaban J connectivity index is 2.15. The van der Waals surface area contributed by atoms with Crippen LogP contribution in [0.4, 0.5) is 0 Å². The van der Waals surface area contributed by atoms with Gasteiger partial charge in [-0.15, -0.1) is 0 Å². The predicted molar refractivity (Wildman–Crippen MR) is 93.0 cm³/mol. The van der Waals surface area contributed by atoms with E-state index in [9.17, 15) is 0 Å². The third kappa shape index (κ3) is 6.90. The number of benzene rings is 1. The van der Waals surface area contributed by atoms with Crippen LogP contribution in [-0.2, 0) is 0 Å². The number of unbranched alkanes of at least 4 members (excludes halogenated alkanes) is 7. The van der Waals surface area contributed by atoms with E-state index >= 15 is 0 Å². The first-order valence-corrected chi connectivity index (χ1v) is 8.96. The Morgan fingerprint density at radius 1 is 1.00 bits per heavy atom. The second kappa shape index (κ2) is 10.4. The van der Waals surface area contributed by atoms with Gasteiger partial charge in [-0.1, -0.05) is 86.4 Å². The van der Waals surface area contributed by atoms with E-state index in [4.69, 9.17) is 5.73 Å². The summed E-state index contributed by atoms with van der Waals surface area (Å²) in [6, 6.07) is 6.64. The lowest BCUT2D eigenvalue weighted by Gasteiger charge is -2.14. The molecule has 0 aliphatic heterocycles. The lowest BCUT2D eigenvalue weighted by atomic mass is 9.99. The van der Waals surface area contributed by atoms with Crippen LogP contribution >= 0.6 is 15.9 Å². The van der Waals surface area contributed by atoms with Crippen molar-refractivity contribution in [1.82, 2.24) is 0 Å². The summed E-state index contributed by atoms with van der Waals surface area (Å²) in [6.45, 7) is 4.38. The molecule has 0 saturated heterocycles. The highest BCUT2D eigenvalue weighted by atomic mass is 79.9. The molecule has 0 bridgehead atoms. The highest BCUT2D eigenvalue weighted by Crippen LogP contribution is 2.26. The fourth-order valence-corrected chi connectivity index (χ4v) is 3.37. The van der Waals surface area contributed by atoms with Gasteiger partial charge in [-0.3, -0.25) is 0 Å². The Kier molecular flexibility index (Phi) is 9.21. The molecule has 0 aliphatic carbocycles. The maximum Gasteiger partial charge on any atom is 0.0306 e. The number of rotatable bonds is 10. The Labute approximate surface area is 133 Å². The zero-order valence-electron chi connectivity index (χ0n) is 13.1. The maximum absolute atomic E-state index is 6.30. The first kappa shape index (κ1) is 17.7. The average molecular weight is 340 g/mol. The van der Waals surface area contributed by atoms with Crippen LogP contribution in [0.15, 0.2) is 22.7 Å². The molecule has 1 aromatic rings. The normalized spacial score (nSPS) is 12.6. The van der Waals surface area contributed by atoms with Gasteiger partial charge in [0, 0.05) is 10.5 Å². The van der Waals surface area contributed by atoms with Crippen molar-refractivity contribution in [2.24, 2.45) is 5.73 Å². The second-order valence-corrected chi connectivity index (χ2v) is 6.75. The zero-order chi connectivity index (χ0) is 14.8. The summed E-state index contributed by atoms with van der Waals surface area (Å²) in [5, 5.41) is 0. The standard InChI is InChI=1S/C18H30BrN/c1-3-4-5-6-7-8-9-10-11-18(20)16-13-12-15(2)14-17(16)19/h12-14,18H,3-11,20H2,1-2H3. The first-order valence-electron chi connectivity index (χ1n) is 8.16. The van der Waals surface area contributed by atoms with Gasteiger partial charge in [0.25, 0.3) is 0 Å². The Bertz CT molecular complexity index is 376. The smallest absolute Gasteiger partial charge is 0.0306 e. The summed E-state index contributed by atoms with van der Waals surface area (Å²) in [5.41, 5.74) is 8.82. The largest absolute Gasteiger partial charge is 0.324 e. The average Bonchev–Trinajstić information content (AvgIpc) is 2.41. The summed E-state index contributed by atoms with van der Waals surface area (Å²) in [6.07, 6.45) is 12.0. The molecule has 0 radical (unpaired) electrons. The summed E-state index contributed by atoms with van der Waals surface area (Å²) >= 11 is 3.63. The maximum atomic E-state index is 6.30. The summed E-state index contributed by atoms with van der Waals surface area (Å²) in [7, 11) is 0. The van der Waals surface area contributed by atoms with Crippen LogP contribution in [0.5, 0.6) is 0 Å². The molecule has 0 fully saturated rings. The van der Waals surface area contributed by atoms with Crippen LogP contribution in [0.2, 0.25) is 0 Å². The number of hydrogen-bond acceptors (Lipinski definition) is 1. The van der Waals surface area contributed by atoms with Crippen LogP contribution in [-0.4, -0.2) is 0 Å². The van der Waals surface area contributed by atoms with Crippen LogP contribution in [0, 0.1) is 6.92 Å². The van der Waals surface area contributed by atoms with E-state index < -0.39 is 0 Å². The molecule has 0 saturated carbocycles. The lowest BCUT2D eigenvalue weighted by molar-refractivity contribution is 0.535. The molecule has 0 aromatic heterocycles. The van der Waals surface area contributed by atoms with Crippen LogP contribution < -0.4 is 5.73 Å². The monoisotopic (exact) mass is 339 g/mol. The van der Waals surface area contributed by atoms with Gasteiger partial charge in [-0.2, -0.15) is 0 Å². The molecule has 114 valence electrons. The van der Waals surface area contributed by atoms with Gasteiger partial charge in [-0.25, -0.2) is 0 Å². The van der Waals surface area contributed by atoms with E-state index in [2.05, 4.69) is 48.0 Å². The van der Waals surface area contributed by atoms with Gasteiger partial charge in [0.1, 0.15) is 0 Å².